The van der Waals surface area contributed by atoms with E-state index in [0.29, 0.717) is 12.0 Å². The molecule has 0 heterocycles. The summed E-state index contributed by atoms with van der Waals surface area (Å²) in [6.07, 6.45) is -0.614. The zero-order valence-electron chi connectivity index (χ0n) is 12.2. The average Bonchev–Trinajstić information content (AvgIpc) is 2.48. The van der Waals surface area contributed by atoms with Gasteiger partial charge in [-0.2, -0.15) is 0 Å². The van der Waals surface area contributed by atoms with Crippen molar-refractivity contribution in [1.82, 2.24) is 0 Å². The fourth-order valence-corrected chi connectivity index (χ4v) is 2.31. The molecule has 0 spiro atoms. The highest BCUT2D eigenvalue weighted by molar-refractivity contribution is 5.89. The van der Waals surface area contributed by atoms with Gasteiger partial charge in [-0.1, -0.05) is 24.3 Å². The van der Waals surface area contributed by atoms with Crippen LogP contribution in [0.25, 0.3) is 0 Å². The topological polar surface area (TPSA) is 127 Å². The Bertz CT molecular complexity index is 726. The van der Waals surface area contributed by atoms with Gasteiger partial charge in [0.2, 0.25) is 0 Å². The van der Waals surface area contributed by atoms with Crippen molar-refractivity contribution in [2.75, 3.05) is 0 Å². The van der Waals surface area contributed by atoms with Crippen molar-refractivity contribution in [2.45, 2.75) is 19.1 Å². The van der Waals surface area contributed by atoms with Crippen molar-refractivity contribution >= 4 is 11.7 Å². The van der Waals surface area contributed by atoms with Crippen molar-refractivity contribution in [3.63, 3.8) is 0 Å². The minimum atomic E-state index is -1.12. The largest absolute Gasteiger partial charge is 0.478 e. The fourth-order valence-electron chi connectivity index (χ4n) is 2.31. The van der Waals surface area contributed by atoms with Gasteiger partial charge in [-0.05, 0) is 29.2 Å². The second kappa shape index (κ2) is 6.99. The fraction of sp³-hybridized carbons (Fsp3) is 0.188. The maximum Gasteiger partial charge on any atom is 0.335 e. The number of nitrogens with zero attached hydrogens (tertiary/aromatic N) is 1. The summed E-state index contributed by atoms with van der Waals surface area (Å²) in [5.41, 5.74) is 7.45. The lowest BCUT2D eigenvalue weighted by molar-refractivity contribution is -0.384. The van der Waals surface area contributed by atoms with E-state index >= 15 is 0 Å². The number of nitrogens with two attached hydrogens (primary N) is 1. The minimum Gasteiger partial charge on any atom is -0.478 e. The molecule has 2 aromatic rings. The number of aromatic carboxylic acids is 1. The number of aliphatic hydroxyl groups excluding tert-OH is 1. The summed E-state index contributed by atoms with van der Waals surface area (Å²) in [5, 5.41) is 29.1. The summed E-state index contributed by atoms with van der Waals surface area (Å²) in [6.45, 7) is 0. The summed E-state index contributed by atoms with van der Waals surface area (Å²) < 4.78 is 0. The Hall–Kier alpha value is -2.77. The molecule has 0 saturated heterocycles. The number of aliphatic hydroxyl groups is 1. The van der Waals surface area contributed by atoms with Gasteiger partial charge >= 0.3 is 5.97 Å². The number of nitro groups is 1. The summed E-state index contributed by atoms with van der Waals surface area (Å²) in [4.78, 5) is 21.5. The molecule has 4 N–H and O–H groups in total. The van der Waals surface area contributed by atoms with Gasteiger partial charge in [0.15, 0.2) is 0 Å². The number of benzene rings is 2. The van der Waals surface area contributed by atoms with Gasteiger partial charge < -0.3 is 15.9 Å². The molecule has 0 aliphatic heterocycles. The molecule has 2 rings (SSSR count). The molecule has 0 saturated carbocycles. The Kier molecular flexibility index (Phi) is 5.05. The van der Waals surface area contributed by atoms with Gasteiger partial charge in [-0.15, -0.1) is 0 Å². The smallest absolute Gasteiger partial charge is 0.335 e. The quantitative estimate of drug-likeness (QED) is 0.423. The second-order valence-electron chi connectivity index (χ2n) is 5.17. The van der Waals surface area contributed by atoms with Crippen LogP contribution in [0.15, 0.2) is 42.5 Å². The van der Waals surface area contributed by atoms with Crippen LogP contribution in [0.5, 0.6) is 0 Å². The number of rotatable bonds is 6. The van der Waals surface area contributed by atoms with Crippen molar-refractivity contribution in [3.8, 4) is 0 Å². The summed E-state index contributed by atoms with van der Waals surface area (Å²) in [7, 11) is 0. The highest BCUT2D eigenvalue weighted by atomic mass is 16.6. The molecule has 0 amide bonds. The third-order valence-electron chi connectivity index (χ3n) is 3.39. The first-order chi connectivity index (χ1) is 10.9. The maximum absolute atomic E-state index is 11.3. The maximum atomic E-state index is 11.3. The number of hydrogen-bond donors (Lipinski definition) is 3. The number of carboxylic acids is 1. The molecule has 1 unspecified atom stereocenters. The predicted molar refractivity (Wildman–Crippen MR) is 83.2 cm³/mol. The monoisotopic (exact) mass is 316 g/mol. The van der Waals surface area contributed by atoms with E-state index in [9.17, 15) is 25.1 Å². The molecule has 7 heteroatoms. The molecule has 7 nitrogen and oxygen atoms in total. The first-order valence-corrected chi connectivity index (χ1v) is 6.89. The normalized spacial score (nSPS) is 11.9. The first-order valence-electron chi connectivity index (χ1n) is 6.89. The highest BCUT2D eigenvalue weighted by Crippen LogP contribution is 2.19. The van der Waals surface area contributed by atoms with Crippen LogP contribution < -0.4 is 5.73 Å². The van der Waals surface area contributed by atoms with Gasteiger partial charge in [0.25, 0.3) is 5.69 Å². The van der Waals surface area contributed by atoms with E-state index in [-0.39, 0.29) is 17.7 Å². The van der Waals surface area contributed by atoms with E-state index in [4.69, 9.17) is 5.73 Å². The Balaban J connectivity index is 2.24. The van der Waals surface area contributed by atoms with Crippen molar-refractivity contribution < 1.29 is 19.9 Å². The molecule has 120 valence electrons. The van der Waals surface area contributed by atoms with E-state index in [2.05, 4.69) is 0 Å². The number of carboxylic acid groups (broad SMARTS) is 1. The summed E-state index contributed by atoms with van der Waals surface area (Å²) >= 11 is 0. The number of non-ortho nitro benzene ring substituents is 1. The third-order valence-corrected chi connectivity index (χ3v) is 3.39. The molecule has 0 aliphatic rings. The lowest BCUT2D eigenvalue weighted by atomic mass is 9.97. The van der Waals surface area contributed by atoms with Gasteiger partial charge in [-0.3, -0.25) is 10.1 Å². The third kappa shape index (κ3) is 4.35. The van der Waals surface area contributed by atoms with Crippen molar-refractivity contribution in [1.29, 1.82) is 0 Å². The SMILES string of the molecule is NC(O)Cc1ccc(Cc2ccc([N+](=O)[O-])cc2)cc1C(=O)O. The van der Waals surface area contributed by atoms with E-state index in [1.165, 1.54) is 18.2 Å². The van der Waals surface area contributed by atoms with Crippen molar-refractivity contribution in [2.24, 2.45) is 5.73 Å². The van der Waals surface area contributed by atoms with Crippen LogP contribution in [0.2, 0.25) is 0 Å². The van der Waals surface area contributed by atoms with Crippen LogP contribution in [0.1, 0.15) is 27.0 Å². The summed E-state index contributed by atoms with van der Waals surface area (Å²) in [6, 6.07) is 11.0. The zero-order chi connectivity index (χ0) is 17.0. The number of carbonyl (C=O) groups is 1. The van der Waals surface area contributed by atoms with Gasteiger partial charge in [0.1, 0.15) is 6.23 Å². The van der Waals surface area contributed by atoms with E-state index in [1.807, 2.05) is 0 Å². The van der Waals surface area contributed by atoms with Crippen LogP contribution in [-0.4, -0.2) is 27.3 Å². The lowest BCUT2D eigenvalue weighted by Gasteiger charge is -2.10. The van der Waals surface area contributed by atoms with Gasteiger partial charge in [0, 0.05) is 18.6 Å². The Labute approximate surface area is 132 Å². The number of hydrogen-bond acceptors (Lipinski definition) is 5. The van der Waals surface area contributed by atoms with Crippen LogP contribution in [0.3, 0.4) is 0 Å². The highest BCUT2D eigenvalue weighted by Gasteiger charge is 2.13. The predicted octanol–water partition coefficient (Wildman–Crippen LogP) is 1.70. The van der Waals surface area contributed by atoms with Crippen molar-refractivity contribution in [3.05, 3.63) is 74.8 Å². The van der Waals surface area contributed by atoms with E-state index < -0.39 is 17.1 Å². The van der Waals surface area contributed by atoms with Crippen LogP contribution in [0.4, 0.5) is 5.69 Å². The number of nitro benzene ring substituents is 1. The molecule has 2 aromatic carbocycles. The molecule has 1 atom stereocenters. The lowest BCUT2D eigenvalue weighted by Crippen LogP contribution is -2.22. The minimum absolute atomic E-state index is 0.00672. The molecule has 0 aromatic heterocycles. The molecule has 0 aliphatic carbocycles. The molecule has 0 bridgehead atoms. The average molecular weight is 316 g/mol. The van der Waals surface area contributed by atoms with Crippen LogP contribution >= 0.6 is 0 Å². The van der Waals surface area contributed by atoms with E-state index in [1.54, 1.807) is 24.3 Å². The molecule has 0 fully saturated rings. The Morgan fingerprint density at radius 2 is 1.78 bits per heavy atom. The molecule has 23 heavy (non-hydrogen) atoms. The zero-order valence-corrected chi connectivity index (χ0v) is 12.2. The Morgan fingerprint density at radius 3 is 2.30 bits per heavy atom. The molecular formula is C16H16N2O5. The first kappa shape index (κ1) is 16.6. The summed E-state index contributed by atoms with van der Waals surface area (Å²) in [5.74, 6) is -1.09. The molecular weight excluding hydrogens is 300 g/mol. The Morgan fingerprint density at radius 1 is 1.17 bits per heavy atom. The standard InChI is InChI=1S/C16H16N2O5/c17-15(19)9-12-4-1-11(8-14(12)16(20)21)7-10-2-5-13(6-3-10)18(22)23/h1-6,8,15,19H,7,9,17H2,(H,20,21). The second-order valence-corrected chi connectivity index (χ2v) is 5.17. The van der Waals surface area contributed by atoms with Crippen LogP contribution in [0, 0.1) is 10.1 Å². The molecule has 0 radical (unpaired) electrons. The van der Waals surface area contributed by atoms with E-state index in [0.717, 1.165) is 11.1 Å². The van der Waals surface area contributed by atoms with Crippen LogP contribution in [-0.2, 0) is 12.8 Å². The van der Waals surface area contributed by atoms with Gasteiger partial charge in [0.05, 0.1) is 10.5 Å². The van der Waals surface area contributed by atoms with Gasteiger partial charge in [-0.25, -0.2) is 4.79 Å².